The average Bonchev–Trinajstić information content (AvgIpc) is 3.02. The third-order valence-corrected chi connectivity index (χ3v) is 4.27. The number of ether oxygens (including phenoxy) is 3. The molecule has 0 saturated heterocycles. The molecule has 1 aromatic carbocycles. The molecule has 33 heavy (non-hydrogen) atoms. The third-order valence-electron chi connectivity index (χ3n) is 4.27. The van der Waals surface area contributed by atoms with Gasteiger partial charge in [-0.2, -0.15) is 0 Å². The van der Waals surface area contributed by atoms with Crippen molar-refractivity contribution in [1.29, 1.82) is 0 Å². The minimum Gasteiger partial charge on any atom is -0.467 e. The smallest absolute Gasteiger partial charge is 0.419 e. The van der Waals surface area contributed by atoms with Gasteiger partial charge in [0.05, 0.1) is 17.5 Å². The second-order valence-electron chi connectivity index (χ2n) is 9.39. The van der Waals surface area contributed by atoms with Crippen molar-refractivity contribution >= 4 is 34.7 Å². The number of nitrogens with zero attached hydrogens (tertiary/aromatic N) is 2. The van der Waals surface area contributed by atoms with Gasteiger partial charge in [0, 0.05) is 30.1 Å². The first-order valence-electron chi connectivity index (χ1n) is 10.2. The van der Waals surface area contributed by atoms with E-state index >= 15 is 0 Å². The van der Waals surface area contributed by atoms with Gasteiger partial charge < -0.3 is 19.5 Å². The monoisotopic (exact) mass is 463 g/mol. The Morgan fingerprint density at radius 1 is 1.09 bits per heavy atom. The van der Waals surface area contributed by atoms with E-state index in [-0.39, 0.29) is 17.6 Å². The Morgan fingerprint density at radius 3 is 2.21 bits per heavy atom. The predicted octanol–water partition coefficient (Wildman–Crippen LogP) is 3.94. The highest BCUT2D eigenvalue weighted by Crippen LogP contribution is 2.28. The Bertz CT molecular complexity index is 1080. The number of methoxy groups -OCH3 is 1. The van der Waals surface area contributed by atoms with Gasteiger partial charge in [0.2, 0.25) is 0 Å². The van der Waals surface area contributed by atoms with E-state index in [1.807, 2.05) is 0 Å². The van der Waals surface area contributed by atoms with Crippen molar-refractivity contribution in [2.45, 2.75) is 65.2 Å². The molecule has 0 unspecified atom stereocenters. The quantitative estimate of drug-likeness (QED) is 0.304. The number of non-ortho nitro benzene ring substituents is 1. The lowest BCUT2D eigenvalue weighted by atomic mass is 10.0. The molecule has 0 aliphatic rings. The lowest BCUT2D eigenvalue weighted by Gasteiger charge is -2.22. The van der Waals surface area contributed by atoms with Gasteiger partial charge in [0.1, 0.15) is 17.2 Å². The molecule has 0 saturated carbocycles. The average molecular weight is 463 g/mol. The number of amides is 1. The molecule has 1 heterocycles. The van der Waals surface area contributed by atoms with Crippen LogP contribution >= 0.6 is 0 Å². The first kappa shape index (κ1) is 25.6. The molecule has 11 heteroatoms. The molecular formula is C22H29N3O8. The Kier molecular flexibility index (Phi) is 7.36. The summed E-state index contributed by atoms with van der Waals surface area (Å²) in [6.07, 6.45) is -0.191. The Morgan fingerprint density at radius 2 is 1.70 bits per heavy atom. The lowest BCUT2D eigenvalue weighted by Crippen LogP contribution is -2.45. The van der Waals surface area contributed by atoms with Crippen molar-refractivity contribution in [2.24, 2.45) is 0 Å². The van der Waals surface area contributed by atoms with Crippen molar-refractivity contribution in [2.75, 3.05) is 7.11 Å². The van der Waals surface area contributed by atoms with Crippen LogP contribution in [0.2, 0.25) is 0 Å². The van der Waals surface area contributed by atoms with Gasteiger partial charge in [0.25, 0.3) is 5.69 Å². The highest BCUT2D eigenvalue weighted by atomic mass is 16.6. The second kappa shape index (κ2) is 9.47. The van der Waals surface area contributed by atoms with E-state index in [4.69, 9.17) is 14.2 Å². The maximum Gasteiger partial charge on any atom is 0.419 e. The second-order valence-corrected chi connectivity index (χ2v) is 9.39. The van der Waals surface area contributed by atoms with E-state index in [1.165, 1.54) is 31.5 Å². The van der Waals surface area contributed by atoms with Gasteiger partial charge in [0.15, 0.2) is 0 Å². The summed E-state index contributed by atoms with van der Waals surface area (Å²) in [6.45, 7) is 10.1. The fourth-order valence-corrected chi connectivity index (χ4v) is 3.03. The molecule has 1 amide bonds. The highest BCUT2D eigenvalue weighted by molar-refractivity contribution is 5.94. The maximum absolute atomic E-state index is 12.8. The van der Waals surface area contributed by atoms with Crippen LogP contribution in [0.3, 0.4) is 0 Å². The number of nitrogens with one attached hydrogen (secondary N) is 1. The number of esters is 1. The summed E-state index contributed by atoms with van der Waals surface area (Å²) in [5, 5.41) is 14.2. The molecule has 180 valence electrons. The Hall–Kier alpha value is -3.63. The number of benzene rings is 1. The number of nitro benzene ring substituents is 1. The van der Waals surface area contributed by atoms with Crippen molar-refractivity contribution in [3.05, 3.63) is 40.1 Å². The summed E-state index contributed by atoms with van der Waals surface area (Å²) < 4.78 is 16.6. The van der Waals surface area contributed by atoms with Crippen molar-refractivity contribution in [1.82, 2.24) is 9.88 Å². The van der Waals surface area contributed by atoms with Crippen LogP contribution in [-0.4, -0.2) is 52.0 Å². The molecule has 0 aliphatic carbocycles. The number of nitro groups is 1. The summed E-state index contributed by atoms with van der Waals surface area (Å²) in [4.78, 5) is 48.0. The number of carbonyl (C=O) groups excluding carboxylic acids is 3. The van der Waals surface area contributed by atoms with E-state index in [1.54, 1.807) is 41.5 Å². The normalized spacial score (nSPS) is 12.7. The van der Waals surface area contributed by atoms with Gasteiger partial charge >= 0.3 is 18.2 Å². The van der Waals surface area contributed by atoms with Crippen LogP contribution in [0.15, 0.2) is 24.4 Å². The molecule has 1 atom stereocenters. The van der Waals surface area contributed by atoms with Gasteiger partial charge in [-0.1, -0.05) is 0 Å². The number of hydrogen-bond acceptors (Lipinski definition) is 8. The number of hydrogen-bond donors (Lipinski definition) is 1. The van der Waals surface area contributed by atoms with E-state index in [0.717, 1.165) is 4.57 Å². The summed E-state index contributed by atoms with van der Waals surface area (Å²) in [5.41, 5.74) is -1.10. The fraction of sp³-hybridized carbons (Fsp3) is 0.500. The summed E-state index contributed by atoms with van der Waals surface area (Å²) in [7, 11) is 1.18. The van der Waals surface area contributed by atoms with Crippen LogP contribution in [0, 0.1) is 10.1 Å². The molecule has 1 N–H and O–H groups in total. The van der Waals surface area contributed by atoms with Crippen LogP contribution < -0.4 is 5.32 Å². The summed E-state index contributed by atoms with van der Waals surface area (Å²) >= 11 is 0. The zero-order valence-corrected chi connectivity index (χ0v) is 19.8. The first-order chi connectivity index (χ1) is 15.1. The van der Waals surface area contributed by atoms with E-state index in [9.17, 15) is 24.5 Å². The van der Waals surface area contributed by atoms with Crippen molar-refractivity contribution in [3.8, 4) is 0 Å². The molecular weight excluding hydrogens is 434 g/mol. The highest BCUT2D eigenvalue weighted by Gasteiger charge is 2.28. The van der Waals surface area contributed by atoms with Crippen LogP contribution in [0.25, 0.3) is 10.9 Å². The molecule has 0 spiro atoms. The van der Waals surface area contributed by atoms with E-state index < -0.39 is 40.3 Å². The van der Waals surface area contributed by atoms with E-state index in [2.05, 4.69) is 5.32 Å². The summed E-state index contributed by atoms with van der Waals surface area (Å²) in [6, 6.07) is 2.89. The zero-order valence-electron chi connectivity index (χ0n) is 19.8. The fourth-order valence-electron chi connectivity index (χ4n) is 3.03. The Balaban J connectivity index is 2.50. The molecule has 1 aromatic heterocycles. The van der Waals surface area contributed by atoms with Crippen LogP contribution in [-0.2, 0) is 25.4 Å². The van der Waals surface area contributed by atoms with Crippen LogP contribution in [0.5, 0.6) is 0 Å². The molecule has 0 radical (unpaired) electrons. The maximum atomic E-state index is 12.8. The number of carbonyl (C=O) groups is 3. The number of fused-ring (bicyclic) bond motifs is 1. The van der Waals surface area contributed by atoms with Gasteiger partial charge in [-0.3, -0.25) is 14.7 Å². The van der Waals surface area contributed by atoms with Crippen molar-refractivity contribution in [3.63, 3.8) is 0 Å². The third kappa shape index (κ3) is 6.93. The predicted molar refractivity (Wildman–Crippen MR) is 119 cm³/mol. The Labute approximate surface area is 191 Å². The van der Waals surface area contributed by atoms with Gasteiger partial charge in [-0.25, -0.2) is 14.4 Å². The lowest BCUT2D eigenvalue weighted by molar-refractivity contribution is -0.384. The number of alkyl carbamates (subject to hydrolysis) is 1. The molecule has 2 aromatic rings. The van der Waals surface area contributed by atoms with Gasteiger partial charge in [-0.15, -0.1) is 0 Å². The minimum atomic E-state index is -1.13. The van der Waals surface area contributed by atoms with Crippen LogP contribution in [0.4, 0.5) is 15.3 Å². The molecule has 2 rings (SSSR count). The first-order valence-corrected chi connectivity index (χ1v) is 10.2. The summed E-state index contributed by atoms with van der Waals surface area (Å²) in [5.74, 6) is -0.721. The zero-order chi connectivity index (χ0) is 25.1. The molecule has 0 aliphatic heterocycles. The van der Waals surface area contributed by atoms with Crippen molar-refractivity contribution < 1.29 is 33.5 Å². The van der Waals surface area contributed by atoms with Gasteiger partial charge in [-0.05, 0) is 53.2 Å². The standard InChI is InChI=1S/C22H29N3O8/c1-21(2,3)32-19(27)23-16(18(26)31-7)10-13-12-24(20(28)33-22(4,5)6)17-11-14(25(29)30)8-9-15(13)17/h8-9,11-12,16H,10H2,1-7H3,(H,23,27)/t16-/m0/s1. The number of rotatable bonds is 5. The largest absolute Gasteiger partial charge is 0.467 e. The molecule has 11 nitrogen and oxygen atoms in total. The SMILES string of the molecule is COC(=O)[C@H](Cc1cn(C(=O)OC(C)(C)C)c2cc([N+](=O)[O-])ccc12)NC(=O)OC(C)(C)C. The molecule has 0 bridgehead atoms. The van der Waals surface area contributed by atoms with E-state index in [0.29, 0.717) is 10.9 Å². The molecule has 0 fully saturated rings. The minimum absolute atomic E-state index is 0.0595. The van der Waals surface area contributed by atoms with Crippen LogP contribution in [0.1, 0.15) is 47.1 Å². The number of aromatic nitrogens is 1. The topological polar surface area (TPSA) is 139 Å².